The van der Waals surface area contributed by atoms with E-state index in [-0.39, 0.29) is 49.4 Å². The third kappa shape index (κ3) is 11.5. The van der Waals surface area contributed by atoms with Crippen LogP contribution in [0.25, 0.3) is 0 Å². The van der Waals surface area contributed by atoms with E-state index in [1.165, 1.54) is 12.1 Å². The Bertz CT molecular complexity index is 1220. The Balaban J connectivity index is 1.68. The van der Waals surface area contributed by atoms with Gasteiger partial charge in [0.05, 0.1) is 6.04 Å². The van der Waals surface area contributed by atoms with Crippen LogP contribution in [0.5, 0.6) is 0 Å². The lowest BCUT2D eigenvalue weighted by Crippen LogP contribution is -2.56. The minimum atomic E-state index is -1.07. The largest absolute Gasteiger partial charge is 0.445 e. The van der Waals surface area contributed by atoms with Crippen LogP contribution in [0.3, 0.4) is 0 Å². The number of piperidine rings is 1. The van der Waals surface area contributed by atoms with Crippen molar-refractivity contribution in [2.45, 2.75) is 77.1 Å². The Morgan fingerprint density at radius 1 is 0.977 bits per heavy atom. The second-order valence-corrected chi connectivity index (χ2v) is 11.2. The van der Waals surface area contributed by atoms with E-state index in [9.17, 15) is 28.4 Å². The maximum atomic E-state index is 13.5. The third-order valence-corrected chi connectivity index (χ3v) is 7.23. The first kappa shape index (κ1) is 33.2. The van der Waals surface area contributed by atoms with Gasteiger partial charge in [-0.1, -0.05) is 56.3 Å². The molecule has 0 aromatic heterocycles. The fourth-order valence-corrected chi connectivity index (χ4v) is 4.91. The average Bonchev–Trinajstić information content (AvgIpc) is 2.99. The van der Waals surface area contributed by atoms with Gasteiger partial charge < -0.3 is 30.8 Å². The number of benzene rings is 2. The summed E-state index contributed by atoms with van der Waals surface area (Å²) >= 11 is 0. The van der Waals surface area contributed by atoms with Crippen molar-refractivity contribution in [3.8, 4) is 0 Å². The first-order valence-electron chi connectivity index (χ1n) is 14.7. The van der Waals surface area contributed by atoms with Crippen molar-refractivity contribution >= 4 is 30.1 Å². The summed E-state index contributed by atoms with van der Waals surface area (Å²) in [5.74, 6) is -2.07. The Labute approximate surface area is 251 Å². The second-order valence-electron chi connectivity index (χ2n) is 11.2. The molecule has 232 valence electrons. The van der Waals surface area contributed by atoms with E-state index in [0.717, 1.165) is 17.5 Å². The number of hydrogen-bond acceptors (Lipinski definition) is 6. The molecule has 0 spiro atoms. The normalized spacial score (nSPS) is 16.7. The molecule has 2 aromatic carbocycles. The Morgan fingerprint density at radius 2 is 1.67 bits per heavy atom. The summed E-state index contributed by atoms with van der Waals surface area (Å²) in [6.07, 6.45) is 2.15. The predicted molar refractivity (Wildman–Crippen MR) is 158 cm³/mol. The number of carbonyl (C=O) groups is 5. The van der Waals surface area contributed by atoms with Crippen LogP contribution < -0.4 is 21.3 Å². The van der Waals surface area contributed by atoms with Gasteiger partial charge in [0.2, 0.25) is 17.7 Å². The Morgan fingerprint density at radius 3 is 2.33 bits per heavy atom. The van der Waals surface area contributed by atoms with E-state index < -0.39 is 36.0 Å². The van der Waals surface area contributed by atoms with E-state index in [4.69, 9.17) is 4.74 Å². The van der Waals surface area contributed by atoms with Crippen LogP contribution in [0.1, 0.15) is 57.1 Å². The van der Waals surface area contributed by atoms with Crippen molar-refractivity contribution in [3.63, 3.8) is 0 Å². The van der Waals surface area contributed by atoms with E-state index in [1.807, 2.05) is 32.0 Å². The smallest absolute Gasteiger partial charge is 0.408 e. The molecule has 2 aromatic rings. The summed E-state index contributed by atoms with van der Waals surface area (Å²) in [6.45, 7) is 4.37. The molecule has 1 aliphatic rings. The number of ether oxygens (including phenoxy) is 1. The van der Waals surface area contributed by atoms with Gasteiger partial charge in [-0.3, -0.25) is 14.4 Å². The van der Waals surface area contributed by atoms with Crippen LogP contribution in [-0.4, -0.2) is 54.8 Å². The highest BCUT2D eigenvalue weighted by atomic mass is 19.1. The molecule has 0 saturated carbocycles. The molecule has 43 heavy (non-hydrogen) atoms. The number of carbonyl (C=O) groups excluding carboxylic acids is 5. The monoisotopic (exact) mass is 596 g/mol. The summed E-state index contributed by atoms with van der Waals surface area (Å²) in [5.41, 5.74) is 1.53. The summed E-state index contributed by atoms with van der Waals surface area (Å²) in [4.78, 5) is 63.4. The number of aldehydes is 1. The summed E-state index contributed by atoms with van der Waals surface area (Å²) < 4.78 is 18.7. The molecule has 3 rings (SSSR count). The Kier molecular flexibility index (Phi) is 13.1. The average molecular weight is 597 g/mol. The van der Waals surface area contributed by atoms with E-state index in [1.54, 1.807) is 24.3 Å². The molecule has 4 N–H and O–H groups in total. The second kappa shape index (κ2) is 17.0. The van der Waals surface area contributed by atoms with Crippen LogP contribution in [0, 0.1) is 17.7 Å². The summed E-state index contributed by atoms with van der Waals surface area (Å²) in [5, 5.41) is 10.8. The molecular weight excluding hydrogens is 555 g/mol. The number of aryl methyl sites for hydroxylation is 1. The van der Waals surface area contributed by atoms with Crippen LogP contribution in [0.4, 0.5) is 9.18 Å². The molecule has 0 bridgehead atoms. The fraction of sp³-hybridized carbons (Fsp3) is 0.469. The predicted octanol–water partition coefficient (Wildman–Crippen LogP) is 3.18. The molecule has 0 aliphatic carbocycles. The number of halogens is 1. The van der Waals surface area contributed by atoms with Gasteiger partial charge in [0.25, 0.3) is 0 Å². The zero-order valence-corrected chi connectivity index (χ0v) is 24.6. The van der Waals surface area contributed by atoms with Gasteiger partial charge in [0.1, 0.15) is 30.8 Å². The number of hydrogen-bond donors (Lipinski definition) is 4. The minimum absolute atomic E-state index is 0.00343. The van der Waals surface area contributed by atoms with Gasteiger partial charge in [0.15, 0.2) is 0 Å². The lowest BCUT2D eigenvalue weighted by atomic mass is 9.91. The molecule has 1 saturated heterocycles. The highest BCUT2D eigenvalue weighted by Crippen LogP contribution is 2.17. The van der Waals surface area contributed by atoms with Crippen molar-refractivity contribution in [2.24, 2.45) is 11.8 Å². The number of alkyl carbamates (subject to hydrolysis) is 1. The van der Waals surface area contributed by atoms with E-state index in [0.29, 0.717) is 25.7 Å². The van der Waals surface area contributed by atoms with Gasteiger partial charge in [-0.2, -0.15) is 0 Å². The first-order valence-corrected chi connectivity index (χ1v) is 14.7. The molecule has 11 heteroatoms. The maximum absolute atomic E-state index is 13.5. The molecule has 10 nitrogen and oxygen atoms in total. The van der Waals surface area contributed by atoms with Crippen molar-refractivity contribution in [1.82, 2.24) is 21.3 Å². The van der Waals surface area contributed by atoms with Gasteiger partial charge >= 0.3 is 6.09 Å². The fourth-order valence-electron chi connectivity index (χ4n) is 4.91. The Hall–Kier alpha value is -4.28. The van der Waals surface area contributed by atoms with Gasteiger partial charge in [-0.25, -0.2) is 9.18 Å². The summed E-state index contributed by atoms with van der Waals surface area (Å²) in [7, 11) is 0. The van der Waals surface area contributed by atoms with Crippen molar-refractivity contribution in [3.05, 3.63) is 71.5 Å². The van der Waals surface area contributed by atoms with E-state index >= 15 is 0 Å². The van der Waals surface area contributed by atoms with Crippen molar-refractivity contribution in [2.75, 3.05) is 6.54 Å². The molecule has 1 aliphatic heterocycles. The zero-order valence-electron chi connectivity index (χ0n) is 24.6. The third-order valence-electron chi connectivity index (χ3n) is 7.23. The van der Waals surface area contributed by atoms with Gasteiger partial charge in [-0.15, -0.1) is 0 Å². The highest BCUT2D eigenvalue weighted by molar-refractivity contribution is 5.92. The van der Waals surface area contributed by atoms with Crippen LogP contribution in [-0.2, 0) is 36.9 Å². The number of amides is 4. The van der Waals surface area contributed by atoms with Crippen LogP contribution in [0.2, 0.25) is 0 Å². The van der Waals surface area contributed by atoms with E-state index in [2.05, 4.69) is 21.3 Å². The molecule has 1 fully saturated rings. The molecule has 0 unspecified atom stereocenters. The first-order chi connectivity index (χ1) is 20.6. The minimum Gasteiger partial charge on any atom is -0.445 e. The SMILES string of the molecule is CC(C)C[C@H](NC(=O)[C@H](CCc1ccc(F)cc1)NC(=O)OCc1ccccc1)C(=O)N[C@H](C=O)C[C@@H]1CCCNC1=O. The van der Waals surface area contributed by atoms with Gasteiger partial charge in [-0.05, 0) is 67.7 Å². The molecule has 4 amide bonds. The number of rotatable bonds is 15. The van der Waals surface area contributed by atoms with Gasteiger partial charge in [0, 0.05) is 12.5 Å². The molecular formula is C32H41FN4O6. The summed E-state index contributed by atoms with van der Waals surface area (Å²) in [6, 6.07) is 11.9. The lowest BCUT2D eigenvalue weighted by molar-refractivity contribution is -0.132. The van der Waals surface area contributed by atoms with Crippen molar-refractivity contribution < 1.29 is 33.1 Å². The maximum Gasteiger partial charge on any atom is 0.408 e. The molecule has 4 atom stereocenters. The lowest BCUT2D eigenvalue weighted by Gasteiger charge is -2.27. The molecule has 0 radical (unpaired) electrons. The number of nitrogens with one attached hydrogen (secondary N) is 4. The van der Waals surface area contributed by atoms with Crippen molar-refractivity contribution in [1.29, 1.82) is 0 Å². The van der Waals surface area contributed by atoms with Crippen LogP contribution in [0.15, 0.2) is 54.6 Å². The zero-order chi connectivity index (χ0) is 31.2. The quantitative estimate of drug-likeness (QED) is 0.233. The topological polar surface area (TPSA) is 143 Å². The highest BCUT2D eigenvalue weighted by Gasteiger charge is 2.31. The molecule has 1 heterocycles. The standard InChI is InChI=1S/C32H41FN4O6/c1-21(2)17-28(31(41)35-26(19-38)18-24-9-6-16-34-29(24)39)36-30(40)27(15-12-22-10-13-25(33)14-11-22)37-32(42)43-20-23-7-4-3-5-8-23/h3-5,7-8,10-11,13-14,19,21,24,26-28H,6,9,12,15-18,20H2,1-2H3,(H,34,39)(H,35,41)(H,36,40)(H,37,42)/t24-,26-,27-,28-/m0/s1. The van der Waals surface area contributed by atoms with Crippen LogP contribution >= 0.6 is 0 Å².